The molecular weight excluding hydrogens is 220 g/mol. The summed E-state index contributed by atoms with van der Waals surface area (Å²) in [6.45, 7) is 6.41. The summed E-state index contributed by atoms with van der Waals surface area (Å²) in [6.07, 6.45) is 0. The molecule has 1 atom stereocenters. The van der Waals surface area contributed by atoms with Crippen molar-refractivity contribution >= 4 is 5.91 Å². The molecular formula is C12H24N2O3. The van der Waals surface area contributed by atoms with E-state index in [4.69, 9.17) is 9.47 Å². The second kappa shape index (κ2) is 7.63. The van der Waals surface area contributed by atoms with Crippen LogP contribution in [0.3, 0.4) is 0 Å². The van der Waals surface area contributed by atoms with Crippen molar-refractivity contribution in [3.63, 3.8) is 0 Å². The Morgan fingerprint density at radius 2 is 2.29 bits per heavy atom. The van der Waals surface area contributed by atoms with Crippen molar-refractivity contribution in [2.24, 2.45) is 5.92 Å². The van der Waals surface area contributed by atoms with Crippen LogP contribution in [0, 0.1) is 5.92 Å². The highest BCUT2D eigenvalue weighted by atomic mass is 16.5. The van der Waals surface area contributed by atoms with Crippen molar-refractivity contribution < 1.29 is 14.3 Å². The third kappa shape index (κ3) is 5.48. The molecule has 0 aliphatic carbocycles. The fraction of sp³-hybridized carbons (Fsp3) is 0.917. The zero-order valence-electron chi connectivity index (χ0n) is 11.1. The molecule has 1 rings (SSSR count). The van der Waals surface area contributed by atoms with Crippen LogP contribution in [0.5, 0.6) is 0 Å². The van der Waals surface area contributed by atoms with E-state index in [-0.39, 0.29) is 12.5 Å². The van der Waals surface area contributed by atoms with Crippen LogP contribution in [0.15, 0.2) is 0 Å². The van der Waals surface area contributed by atoms with Crippen molar-refractivity contribution in [2.45, 2.75) is 6.92 Å². The molecule has 0 saturated carbocycles. The second-order valence-electron chi connectivity index (χ2n) is 4.68. The first-order chi connectivity index (χ1) is 8.13. The monoisotopic (exact) mass is 244 g/mol. The number of carbonyl (C=O) groups excluding carboxylic acids is 1. The Morgan fingerprint density at radius 1 is 1.53 bits per heavy atom. The summed E-state index contributed by atoms with van der Waals surface area (Å²) in [6, 6.07) is 0. The van der Waals surface area contributed by atoms with E-state index in [1.54, 1.807) is 0 Å². The van der Waals surface area contributed by atoms with Gasteiger partial charge in [-0.1, -0.05) is 0 Å². The average molecular weight is 244 g/mol. The van der Waals surface area contributed by atoms with Gasteiger partial charge >= 0.3 is 0 Å². The summed E-state index contributed by atoms with van der Waals surface area (Å²) in [4.78, 5) is 15.9. The molecule has 0 unspecified atom stereocenters. The molecule has 1 heterocycles. The zero-order chi connectivity index (χ0) is 12.7. The standard InChI is InChI=1S/C12H24N2O3/c1-4-16-10-12(15)14-5-6-17-9-11(8-14)7-13(2)3/h11H,4-10H2,1-3H3/t11-/m1/s1. The van der Waals surface area contributed by atoms with Gasteiger partial charge in [0.2, 0.25) is 5.91 Å². The van der Waals surface area contributed by atoms with Gasteiger partial charge in [0.05, 0.1) is 13.2 Å². The predicted molar refractivity (Wildman–Crippen MR) is 65.9 cm³/mol. The van der Waals surface area contributed by atoms with Gasteiger partial charge in [-0.25, -0.2) is 0 Å². The fourth-order valence-corrected chi connectivity index (χ4v) is 2.01. The Hall–Kier alpha value is -0.650. The van der Waals surface area contributed by atoms with Gasteiger partial charge in [0.15, 0.2) is 0 Å². The first-order valence-corrected chi connectivity index (χ1v) is 6.21. The molecule has 1 aliphatic rings. The largest absolute Gasteiger partial charge is 0.379 e. The van der Waals surface area contributed by atoms with Crippen LogP contribution in [0.4, 0.5) is 0 Å². The van der Waals surface area contributed by atoms with Crippen LogP contribution in [-0.2, 0) is 14.3 Å². The first-order valence-electron chi connectivity index (χ1n) is 6.21. The smallest absolute Gasteiger partial charge is 0.248 e. The van der Waals surface area contributed by atoms with Crippen LogP contribution in [0.1, 0.15) is 6.92 Å². The van der Waals surface area contributed by atoms with E-state index in [0.29, 0.717) is 25.7 Å². The maximum absolute atomic E-state index is 11.9. The minimum absolute atomic E-state index is 0.0705. The Balaban J connectivity index is 2.44. The molecule has 0 bridgehead atoms. The summed E-state index contributed by atoms with van der Waals surface area (Å²) in [5.74, 6) is 0.458. The van der Waals surface area contributed by atoms with Gasteiger partial charge in [-0.15, -0.1) is 0 Å². The molecule has 0 aromatic heterocycles. The number of amides is 1. The predicted octanol–water partition coefficient (Wildman–Crippen LogP) is 0.0595. The van der Waals surface area contributed by atoms with Crippen molar-refractivity contribution in [1.82, 2.24) is 9.80 Å². The van der Waals surface area contributed by atoms with Gasteiger partial charge in [-0.3, -0.25) is 4.79 Å². The molecule has 0 radical (unpaired) electrons. The van der Waals surface area contributed by atoms with E-state index in [0.717, 1.165) is 19.7 Å². The maximum Gasteiger partial charge on any atom is 0.248 e. The summed E-state index contributed by atoms with van der Waals surface area (Å²) in [7, 11) is 4.08. The van der Waals surface area contributed by atoms with E-state index in [2.05, 4.69) is 4.90 Å². The SMILES string of the molecule is CCOCC(=O)N1CCOC[C@H](CN(C)C)C1. The van der Waals surface area contributed by atoms with Gasteiger partial charge in [0.25, 0.3) is 0 Å². The number of hydrogen-bond acceptors (Lipinski definition) is 4. The molecule has 0 aromatic carbocycles. The number of rotatable bonds is 5. The Morgan fingerprint density at radius 3 is 2.94 bits per heavy atom. The Kier molecular flexibility index (Phi) is 6.47. The van der Waals surface area contributed by atoms with E-state index < -0.39 is 0 Å². The summed E-state index contributed by atoms with van der Waals surface area (Å²) in [5.41, 5.74) is 0. The molecule has 1 amide bonds. The highest BCUT2D eigenvalue weighted by molar-refractivity contribution is 5.77. The molecule has 0 N–H and O–H groups in total. The molecule has 1 aliphatic heterocycles. The topological polar surface area (TPSA) is 42.0 Å². The summed E-state index contributed by atoms with van der Waals surface area (Å²) in [5, 5.41) is 0. The van der Waals surface area contributed by atoms with E-state index in [1.807, 2.05) is 25.9 Å². The van der Waals surface area contributed by atoms with Crippen molar-refractivity contribution in [3.8, 4) is 0 Å². The van der Waals surface area contributed by atoms with Crippen molar-refractivity contribution in [3.05, 3.63) is 0 Å². The first kappa shape index (κ1) is 14.4. The Labute approximate surface area is 104 Å². The van der Waals surface area contributed by atoms with Crippen molar-refractivity contribution in [1.29, 1.82) is 0 Å². The lowest BCUT2D eigenvalue weighted by Crippen LogP contribution is -2.40. The highest BCUT2D eigenvalue weighted by Crippen LogP contribution is 2.08. The van der Waals surface area contributed by atoms with Crippen LogP contribution < -0.4 is 0 Å². The molecule has 100 valence electrons. The van der Waals surface area contributed by atoms with Crippen LogP contribution in [-0.4, -0.2) is 75.9 Å². The van der Waals surface area contributed by atoms with E-state index in [9.17, 15) is 4.79 Å². The van der Waals surface area contributed by atoms with Crippen LogP contribution in [0.25, 0.3) is 0 Å². The zero-order valence-corrected chi connectivity index (χ0v) is 11.1. The van der Waals surface area contributed by atoms with Gasteiger partial charge in [-0.2, -0.15) is 0 Å². The number of ether oxygens (including phenoxy) is 2. The normalized spacial score (nSPS) is 21.6. The minimum Gasteiger partial charge on any atom is -0.379 e. The fourth-order valence-electron chi connectivity index (χ4n) is 2.01. The quantitative estimate of drug-likeness (QED) is 0.686. The lowest BCUT2D eigenvalue weighted by molar-refractivity contribution is -0.136. The average Bonchev–Trinajstić information content (AvgIpc) is 2.50. The third-order valence-electron chi connectivity index (χ3n) is 2.74. The molecule has 5 heteroatoms. The summed E-state index contributed by atoms with van der Waals surface area (Å²) >= 11 is 0. The molecule has 5 nitrogen and oxygen atoms in total. The van der Waals surface area contributed by atoms with E-state index in [1.165, 1.54) is 0 Å². The number of nitrogens with zero attached hydrogens (tertiary/aromatic N) is 2. The van der Waals surface area contributed by atoms with E-state index >= 15 is 0 Å². The lowest BCUT2D eigenvalue weighted by atomic mass is 10.1. The number of hydrogen-bond donors (Lipinski definition) is 0. The lowest BCUT2D eigenvalue weighted by Gasteiger charge is -2.25. The second-order valence-corrected chi connectivity index (χ2v) is 4.68. The van der Waals surface area contributed by atoms with Gasteiger partial charge in [-0.05, 0) is 21.0 Å². The molecule has 1 fully saturated rings. The molecule has 0 aromatic rings. The third-order valence-corrected chi connectivity index (χ3v) is 2.74. The maximum atomic E-state index is 11.9. The van der Waals surface area contributed by atoms with Crippen LogP contribution >= 0.6 is 0 Å². The molecule has 17 heavy (non-hydrogen) atoms. The minimum atomic E-state index is 0.0705. The molecule has 1 saturated heterocycles. The summed E-state index contributed by atoms with van der Waals surface area (Å²) < 4.78 is 10.7. The Bertz CT molecular complexity index is 234. The number of carbonyl (C=O) groups is 1. The van der Waals surface area contributed by atoms with Crippen molar-refractivity contribution in [2.75, 3.05) is 60.2 Å². The van der Waals surface area contributed by atoms with Gasteiger partial charge in [0, 0.05) is 32.2 Å². The molecule has 0 spiro atoms. The van der Waals surface area contributed by atoms with Crippen LogP contribution in [0.2, 0.25) is 0 Å². The highest BCUT2D eigenvalue weighted by Gasteiger charge is 2.22. The van der Waals surface area contributed by atoms with Gasteiger partial charge in [0.1, 0.15) is 6.61 Å². The van der Waals surface area contributed by atoms with Gasteiger partial charge < -0.3 is 19.3 Å².